The molecule has 3 atom stereocenters. The summed E-state index contributed by atoms with van der Waals surface area (Å²) < 4.78 is 0. The Labute approximate surface area is 76.4 Å². The standard InChI is InChI=1S/C8H15NO4/c10-4-5-3-6(11)1-2-7(5)9-8(12)13/h5-7,9-11H,1-4H2,(H,12,13)/t5-,6-,7+/m1/s1. The fourth-order valence-electron chi connectivity index (χ4n) is 1.79. The molecule has 76 valence electrons. The second-order valence-corrected chi connectivity index (χ2v) is 3.47. The van der Waals surface area contributed by atoms with E-state index in [1.165, 1.54) is 0 Å². The first kappa shape index (κ1) is 10.3. The zero-order valence-electron chi connectivity index (χ0n) is 7.31. The third-order valence-electron chi connectivity index (χ3n) is 2.50. The van der Waals surface area contributed by atoms with Crippen LogP contribution in [0.2, 0.25) is 0 Å². The van der Waals surface area contributed by atoms with Crippen LogP contribution >= 0.6 is 0 Å². The summed E-state index contributed by atoms with van der Waals surface area (Å²) in [5, 5.41) is 29.1. The number of hydrogen-bond acceptors (Lipinski definition) is 3. The molecule has 5 nitrogen and oxygen atoms in total. The predicted molar refractivity (Wildman–Crippen MR) is 45.4 cm³/mol. The molecule has 1 fully saturated rings. The first-order valence-corrected chi connectivity index (χ1v) is 4.42. The van der Waals surface area contributed by atoms with Gasteiger partial charge < -0.3 is 20.6 Å². The molecule has 5 heteroatoms. The van der Waals surface area contributed by atoms with E-state index in [2.05, 4.69) is 5.32 Å². The van der Waals surface area contributed by atoms with Gasteiger partial charge >= 0.3 is 6.09 Å². The molecule has 0 radical (unpaired) electrons. The molecule has 0 saturated heterocycles. The van der Waals surface area contributed by atoms with Crippen LogP contribution in [0.5, 0.6) is 0 Å². The van der Waals surface area contributed by atoms with Gasteiger partial charge in [-0.3, -0.25) is 0 Å². The van der Waals surface area contributed by atoms with E-state index < -0.39 is 12.2 Å². The fraction of sp³-hybridized carbons (Fsp3) is 0.875. The molecule has 1 aliphatic carbocycles. The zero-order chi connectivity index (χ0) is 9.84. The van der Waals surface area contributed by atoms with Crippen LogP contribution in [0.25, 0.3) is 0 Å². The molecule has 0 bridgehead atoms. The van der Waals surface area contributed by atoms with Gasteiger partial charge in [-0.25, -0.2) is 4.79 Å². The van der Waals surface area contributed by atoms with Gasteiger partial charge in [-0.15, -0.1) is 0 Å². The van der Waals surface area contributed by atoms with Crippen LogP contribution in [-0.4, -0.2) is 40.2 Å². The predicted octanol–water partition coefficient (Wildman–Crippen LogP) is -0.224. The second kappa shape index (κ2) is 4.43. The third-order valence-corrected chi connectivity index (χ3v) is 2.50. The molecular weight excluding hydrogens is 174 g/mol. The maximum Gasteiger partial charge on any atom is 0.404 e. The Bertz CT molecular complexity index is 185. The lowest BCUT2D eigenvalue weighted by molar-refractivity contribution is 0.0543. The summed E-state index contributed by atoms with van der Waals surface area (Å²) >= 11 is 0. The highest BCUT2D eigenvalue weighted by molar-refractivity contribution is 5.64. The highest BCUT2D eigenvalue weighted by Gasteiger charge is 2.29. The van der Waals surface area contributed by atoms with Crippen molar-refractivity contribution in [2.24, 2.45) is 5.92 Å². The third kappa shape index (κ3) is 2.86. The lowest BCUT2D eigenvalue weighted by Crippen LogP contribution is -2.45. The molecule has 1 amide bonds. The average Bonchev–Trinajstić information content (AvgIpc) is 2.07. The molecule has 4 N–H and O–H groups in total. The summed E-state index contributed by atoms with van der Waals surface area (Å²) in [5.74, 6) is -0.153. The quantitative estimate of drug-likeness (QED) is 0.483. The van der Waals surface area contributed by atoms with Crippen molar-refractivity contribution in [3.63, 3.8) is 0 Å². The zero-order valence-corrected chi connectivity index (χ0v) is 7.31. The maximum absolute atomic E-state index is 10.4. The maximum atomic E-state index is 10.4. The van der Waals surface area contributed by atoms with Gasteiger partial charge in [0, 0.05) is 18.6 Å². The first-order chi connectivity index (χ1) is 6.13. The van der Waals surface area contributed by atoms with Crippen LogP contribution in [0, 0.1) is 5.92 Å². The highest BCUT2D eigenvalue weighted by Crippen LogP contribution is 2.24. The van der Waals surface area contributed by atoms with Gasteiger partial charge in [-0.2, -0.15) is 0 Å². The molecule has 0 aromatic rings. The molecule has 0 aromatic carbocycles. The van der Waals surface area contributed by atoms with Crippen LogP contribution < -0.4 is 5.32 Å². The molecule has 0 spiro atoms. The topological polar surface area (TPSA) is 89.8 Å². The van der Waals surface area contributed by atoms with E-state index in [9.17, 15) is 9.90 Å². The smallest absolute Gasteiger partial charge is 0.404 e. The minimum Gasteiger partial charge on any atom is -0.465 e. The molecule has 1 aliphatic rings. The lowest BCUT2D eigenvalue weighted by atomic mass is 9.83. The van der Waals surface area contributed by atoms with Crippen molar-refractivity contribution >= 4 is 6.09 Å². The van der Waals surface area contributed by atoms with E-state index in [-0.39, 0.29) is 18.6 Å². The van der Waals surface area contributed by atoms with E-state index in [4.69, 9.17) is 10.2 Å². The van der Waals surface area contributed by atoms with Crippen LogP contribution in [0.1, 0.15) is 19.3 Å². The molecule has 0 heterocycles. The Hall–Kier alpha value is -0.810. The van der Waals surface area contributed by atoms with Gasteiger partial charge in [0.15, 0.2) is 0 Å². The lowest BCUT2D eigenvalue weighted by Gasteiger charge is -2.32. The van der Waals surface area contributed by atoms with Gasteiger partial charge in [0.05, 0.1) is 6.10 Å². The van der Waals surface area contributed by atoms with Crippen LogP contribution in [-0.2, 0) is 0 Å². The summed E-state index contributed by atoms with van der Waals surface area (Å²) in [7, 11) is 0. The number of amides is 1. The summed E-state index contributed by atoms with van der Waals surface area (Å²) in [6.45, 7) is -0.0813. The van der Waals surface area contributed by atoms with Crippen molar-refractivity contribution in [1.29, 1.82) is 0 Å². The Morgan fingerprint density at radius 2 is 2.15 bits per heavy atom. The molecule has 1 rings (SSSR count). The number of rotatable bonds is 2. The Morgan fingerprint density at radius 3 is 2.69 bits per heavy atom. The average molecular weight is 189 g/mol. The molecular formula is C8H15NO4. The fourth-order valence-corrected chi connectivity index (χ4v) is 1.79. The van der Waals surface area contributed by atoms with E-state index in [1.54, 1.807) is 0 Å². The largest absolute Gasteiger partial charge is 0.465 e. The van der Waals surface area contributed by atoms with E-state index in [0.29, 0.717) is 19.3 Å². The summed E-state index contributed by atoms with van der Waals surface area (Å²) in [4.78, 5) is 10.4. The summed E-state index contributed by atoms with van der Waals surface area (Å²) in [5.41, 5.74) is 0. The van der Waals surface area contributed by atoms with Crippen molar-refractivity contribution in [3.05, 3.63) is 0 Å². The number of aliphatic hydroxyl groups excluding tert-OH is 2. The number of carboxylic acid groups (broad SMARTS) is 1. The van der Waals surface area contributed by atoms with Crippen LogP contribution in [0.4, 0.5) is 4.79 Å². The van der Waals surface area contributed by atoms with E-state index >= 15 is 0 Å². The van der Waals surface area contributed by atoms with E-state index in [1.807, 2.05) is 0 Å². The van der Waals surface area contributed by atoms with Gasteiger partial charge in [0.1, 0.15) is 0 Å². The van der Waals surface area contributed by atoms with Crippen molar-refractivity contribution < 1.29 is 20.1 Å². The SMILES string of the molecule is O=C(O)N[C@H]1CC[C@@H](O)C[C@@H]1CO. The van der Waals surface area contributed by atoms with Crippen molar-refractivity contribution in [3.8, 4) is 0 Å². The van der Waals surface area contributed by atoms with Crippen molar-refractivity contribution in [2.45, 2.75) is 31.4 Å². The summed E-state index contributed by atoms with van der Waals surface area (Å²) in [6, 6.07) is -0.217. The minimum atomic E-state index is -1.07. The molecule has 1 saturated carbocycles. The highest BCUT2D eigenvalue weighted by atomic mass is 16.4. The van der Waals surface area contributed by atoms with Crippen LogP contribution in [0.3, 0.4) is 0 Å². The number of carbonyl (C=O) groups is 1. The number of hydrogen-bond donors (Lipinski definition) is 4. The van der Waals surface area contributed by atoms with Crippen molar-refractivity contribution in [1.82, 2.24) is 5.32 Å². The van der Waals surface area contributed by atoms with Crippen molar-refractivity contribution in [2.75, 3.05) is 6.61 Å². The molecule has 13 heavy (non-hydrogen) atoms. The second-order valence-electron chi connectivity index (χ2n) is 3.47. The number of aliphatic hydroxyl groups is 2. The van der Waals surface area contributed by atoms with Gasteiger partial charge in [0.25, 0.3) is 0 Å². The normalized spacial score (nSPS) is 34.2. The monoisotopic (exact) mass is 189 g/mol. The Morgan fingerprint density at radius 1 is 1.46 bits per heavy atom. The van der Waals surface area contributed by atoms with Gasteiger partial charge in [-0.05, 0) is 19.3 Å². The molecule has 0 unspecified atom stereocenters. The van der Waals surface area contributed by atoms with Gasteiger partial charge in [0.2, 0.25) is 0 Å². The first-order valence-electron chi connectivity index (χ1n) is 4.42. The van der Waals surface area contributed by atoms with E-state index in [0.717, 1.165) is 0 Å². The molecule has 0 aliphatic heterocycles. The summed E-state index contributed by atoms with van der Waals surface area (Å²) in [6.07, 6.45) is 0.200. The Balaban J connectivity index is 2.47. The van der Waals surface area contributed by atoms with Crippen LogP contribution in [0.15, 0.2) is 0 Å². The van der Waals surface area contributed by atoms with Gasteiger partial charge in [-0.1, -0.05) is 0 Å². The Kier molecular flexibility index (Phi) is 3.50. The molecule has 0 aromatic heterocycles. The number of nitrogens with one attached hydrogen (secondary N) is 1. The minimum absolute atomic E-state index is 0.0813.